The second-order valence-corrected chi connectivity index (χ2v) is 5.67. The first-order valence-corrected chi connectivity index (χ1v) is 6.81. The van der Waals surface area contributed by atoms with Crippen LogP contribution in [-0.4, -0.2) is 36.1 Å². The zero-order valence-corrected chi connectivity index (χ0v) is 10.8. The van der Waals surface area contributed by atoms with Crippen molar-refractivity contribution in [2.24, 2.45) is 5.92 Å². The molecule has 2 aliphatic rings. The Morgan fingerprint density at radius 3 is 2.75 bits per heavy atom. The summed E-state index contributed by atoms with van der Waals surface area (Å²) in [6.07, 6.45) is 7.37. The summed E-state index contributed by atoms with van der Waals surface area (Å²) in [5, 5.41) is 3.79. The van der Waals surface area contributed by atoms with Gasteiger partial charge in [0.25, 0.3) is 0 Å². The molecule has 0 aromatic carbocycles. The van der Waals surface area contributed by atoms with E-state index in [9.17, 15) is 0 Å². The van der Waals surface area contributed by atoms with Gasteiger partial charge in [0.2, 0.25) is 0 Å². The van der Waals surface area contributed by atoms with Crippen LogP contribution in [0.25, 0.3) is 0 Å². The number of hydrogen-bond donors (Lipinski definition) is 1. The van der Waals surface area contributed by atoms with Gasteiger partial charge in [0.05, 0.1) is 0 Å². The highest BCUT2D eigenvalue weighted by Gasteiger charge is 2.34. The zero-order valence-electron chi connectivity index (χ0n) is 10.8. The maximum absolute atomic E-state index is 3.82. The van der Waals surface area contributed by atoms with Crippen molar-refractivity contribution in [2.75, 3.05) is 13.1 Å². The molecule has 0 spiro atoms. The van der Waals surface area contributed by atoms with Crippen LogP contribution >= 0.6 is 0 Å². The quantitative estimate of drug-likeness (QED) is 0.694. The molecule has 0 radical (unpaired) electrons. The van der Waals surface area contributed by atoms with Gasteiger partial charge in [-0.1, -0.05) is 13.0 Å². The van der Waals surface area contributed by atoms with E-state index in [1.54, 1.807) is 0 Å². The smallest absolute Gasteiger partial charge is 0.0209 e. The van der Waals surface area contributed by atoms with E-state index >= 15 is 0 Å². The van der Waals surface area contributed by atoms with Gasteiger partial charge in [0.15, 0.2) is 0 Å². The van der Waals surface area contributed by atoms with Gasteiger partial charge in [0, 0.05) is 31.2 Å². The van der Waals surface area contributed by atoms with Crippen molar-refractivity contribution >= 4 is 0 Å². The van der Waals surface area contributed by atoms with Crippen LogP contribution in [0, 0.1) is 5.92 Å². The summed E-state index contributed by atoms with van der Waals surface area (Å²) in [5.41, 5.74) is 0. The minimum absolute atomic E-state index is 0.613. The van der Waals surface area contributed by atoms with Gasteiger partial charge >= 0.3 is 0 Å². The SMILES string of the molecule is C=CCC(C)C(C)NC1CCN(C2CC2)C1. The lowest BCUT2D eigenvalue weighted by atomic mass is 9.99. The van der Waals surface area contributed by atoms with Crippen molar-refractivity contribution in [3.05, 3.63) is 12.7 Å². The molecular weight excluding hydrogens is 196 g/mol. The fraction of sp³-hybridized carbons (Fsp3) is 0.857. The summed E-state index contributed by atoms with van der Waals surface area (Å²) in [7, 11) is 0. The van der Waals surface area contributed by atoms with E-state index in [0.717, 1.165) is 18.5 Å². The Balaban J connectivity index is 1.70. The van der Waals surface area contributed by atoms with Crippen molar-refractivity contribution in [1.29, 1.82) is 0 Å². The molecule has 2 fully saturated rings. The molecule has 1 aliphatic carbocycles. The molecule has 0 aromatic heterocycles. The van der Waals surface area contributed by atoms with E-state index in [2.05, 4.69) is 30.6 Å². The fourth-order valence-corrected chi connectivity index (χ4v) is 2.70. The van der Waals surface area contributed by atoms with Crippen LogP contribution in [0.15, 0.2) is 12.7 Å². The molecule has 2 nitrogen and oxygen atoms in total. The molecule has 1 saturated carbocycles. The second-order valence-electron chi connectivity index (χ2n) is 5.67. The molecule has 0 bridgehead atoms. The third kappa shape index (κ3) is 3.08. The van der Waals surface area contributed by atoms with Crippen LogP contribution in [0.4, 0.5) is 0 Å². The molecule has 0 amide bonds. The number of likely N-dealkylation sites (tertiary alicyclic amines) is 1. The van der Waals surface area contributed by atoms with Gasteiger partial charge < -0.3 is 5.32 Å². The van der Waals surface area contributed by atoms with Crippen LogP contribution < -0.4 is 5.32 Å². The fourth-order valence-electron chi connectivity index (χ4n) is 2.70. The van der Waals surface area contributed by atoms with Crippen molar-refractivity contribution in [3.63, 3.8) is 0 Å². The highest BCUT2D eigenvalue weighted by atomic mass is 15.2. The van der Waals surface area contributed by atoms with Crippen LogP contribution in [0.2, 0.25) is 0 Å². The maximum atomic E-state index is 3.82. The molecule has 16 heavy (non-hydrogen) atoms. The van der Waals surface area contributed by atoms with E-state index in [1.807, 2.05) is 6.08 Å². The molecule has 0 aromatic rings. The maximum Gasteiger partial charge on any atom is 0.0209 e. The first kappa shape index (κ1) is 12.1. The third-order valence-electron chi connectivity index (χ3n) is 4.17. The van der Waals surface area contributed by atoms with Gasteiger partial charge in [0.1, 0.15) is 0 Å². The normalized spacial score (nSPS) is 30.2. The lowest BCUT2D eigenvalue weighted by molar-refractivity contribution is 0.302. The van der Waals surface area contributed by atoms with E-state index < -0.39 is 0 Å². The topological polar surface area (TPSA) is 15.3 Å². The average Bonchev–Trinajstić information content (AvgIpc) is 3.01. The number of rotatable bonds is 6. The first-order valence-electron chi connectivity index (χ1n) is 6.81. The van der Waals surface area contributed by atoms with Crippen molar-refractivity contribution in [2.45, 2.75) is 57.7 Å². The summed E-state index contributed by atoms with van der Waals surface area (Å²) >= 11 is 0. The van der Waals surface area contributed by atoms with Gasteiger partial charge in [-0.2, -0.15) is 0 Å². The summed E-state index contributed by atoms with van der Waals surface area (Å²) in [6, 6.07) is 2.28. The van der Waals surface area contributed by atoms with Gasteiger partial charge in [-0.25, -0.2) is 0 Å². The molecule has 1 aliphatic heterocycles. The Labute approximate surface area is 100 Å². The Kier molecular flexibility index (Phi) is 4.04. The van der Waals surface area contributed by atoms with Gasteiger partial charge in [-0.15, -0.1) is 6.58 Å². The van der Waals surface area contributed by atoms with Crippen LogP contribution in [0.5, 0.6) is 0 Å². The van der Waals surface area contributed by atoms with E-state index in [4.69, 9.17) is 0 Å². The number of allylic oxidation sites excluding steroid dienone is 1. The summed E-state index contributed by atoms with van der Waals surface area (Å²) < 4.78 is 0. The molecule has 3 atom stereocenters. The second kappa shape index (κ2) is 5.33. The summed E-state index contributed by atoms with van der Waals surface area (Å²) in [5.74, 6) is 0.701. The largest absolute Gasteiger partial charge is 0.310 e. The van der Waals surface area contributed by atoms with E-state index in [-0.39, 0.29) is 0 Å². The van der Waals surface area contributed by atoms with E-state index in [1.165, 1.54) is 32.4 Å². The Bertz CT molecular complexity index is 235. The van der Waals surface area contributed by atoms with E-state index in [0.29, 0.717) is 12.0 Å². The van der Waals surface area contributed by atoms with Crippen molar-refractivity contribution in [3.8, 4) is 0 Å². The third-order valence-corrected chi connectivity index (χ3v) is 4.17. The monoisotopic (exact) mass is 222 g/mol. The van der Waals surface area contributed by atoms with Crippen LogP contribution in [-0.2, 0) is 0 Å². The number of nitrogens with zero attached hydrogens (tertiary/aromatic N) is 1. The predicted octanol–water partition coefficient (Wildman–Crippen LogP) is 2.41. The average molecular weight is 222 g/mol. The minimum atomic E-state index is 0.613. The molecule has 3 unspecified atom stereocenters. The minimum Gasteiger partial charge on any atom is -0.310 e. The Morgan fingerprint density at radius 2 is 2.12 bits per heavy atom. The highest BCUT2D eigenvalue weighted by molar-refractivity contribution is 4.93. The molecule has 1 saturated heterocycles. The molecule has 1 heterocycles. The molecular formula is C14H26N2. The zero-order chi connectivity index (χ0) is 11.5. The Hall–Kier alpha value is -0.340. The van der Waals surface area contributed by atoms with Crippen molar-refractivity contribution in [1.82, 2.24) is 10.2 Å². The van der Waals surface area contributed by atoms with Gasteiger partial charge in [-0.05, 0) is 38.5 Å². The summed E-state index contributed by atoms with van der Waals surface area (Å²) in [4.78, 5) is 2.67. The molecule has 2 rings (SSSR count). The van der Waals surface area contributed by atoms with Gasteiger partial charge in [-0.3, -0.25) is 4.90 Å². The lowest BCUT2D eigenvalue weighted by Gasteiger charge is -2.24. The lowest BCUT2D eigenvalue weighted by Crippen LogP contribution is -2.41. The van der Waals surface area contributed by atoms with Crippen LogP contribution in [0.3, 0.4) is 0 Å². The number of nitrogens with one attached hydrogen (secondary N) is 1. The van der Waals surface area contributed by atoms with Crippen LogP contribution in [0.1, 0.15) is 39.5 Å². The standard InChI is InChI=1S/C14H26N2/c1-4-5-11(2)12(3)15-13-8-9-16(10-13)14-6-7-14/h4,11-15H,1,5-10H2,2-3H3. The van der Waals surface area contributed by atoms with Crippen molar-refractivity contribution < 1.29 is 0 Å². The first-order chi connectivity index (χ1) is 7.70. The Morgan fingerprint density at radius 1 is 1.38 bits per heavy atom. The molecule has 2 heteroatoms. The highest BCUT2D eigenvalue weighted by Crippen LogP contribution is 2.30. The molecule has 1 N–H and O–H groups in total. The predicted molar refractivity (Wildman–Crippen MR) is 69.6 cm³/mol. The molecule has 92 valence electrons. The summed E-state index contributed by atoms with van der Waals surface area (Å²) in [6.45, 7) is 11.0. The number of hydrogen-bond acceptors (Lipinski definition) is 2.